The molecule has 6 heteroatoms. The van der Waals surface area contributed by atoms with Gasteiger partial charge >= 0.3 is 0 Å². The molecular weight excluding hydrogens is 395 g/mol. The van der Waals surface area contributed by atoms with Gasteiger partial charge in [-0.25, -0.2) is 4.39 Å². The lowest BCUT2D eigenvalue weighted by atomic mass is 10.3. The van der Waals surface area contributed by atoms with Crippen molar-refractivity contribution in [2.24, 2.45) is 0 Å². The van der Waals surface area contributed by atoms with Crippen molar-refractivity contribution in [3.63, 3.8) is 0 Å². The maximum atomic E-state index is 13.5. The van der Waals surface area contributed by atoms with Crippen LogP contribution in [0.25, 0.3) is 0 Å². The van der Waals surface area contributed by atoms with E-state index in [2.05, 4.69) is 42.5 Å². The molecule has 0 spiro atoms. The third-order valence-electron chi connectivity index (χ3n) is 2.30. The summed E-state index contributed by atoms with van der Waals surface area (Å²) in [5.74, 6) is -0.346. The van der Waals surface area contributed by atoms with Crippen molar-refractivity contribution < 1.29 is 4.39 Å². The lowest BCUT2D eigenvalue weighted by Gasteiger charge is -2.12. The van der Waals surface area contributed by atoms with Crippen LogP contribution in [0, 0.1) is 5.82 Å². The summed E-state index contributed by atoms with van der Waals surface area (Å²) in [5, 5.41) is 6.14. The third kappa shape index (κ3) is 3.99. The van der Waals surface area contributed by atoms with Crippen LogP contribution in [-0.4, -0.2) is 5.11 Å². The van der Waals surface area contributed by atoms with Crippen molar-refractivity contribution in [3.8, 4) is 0 Å². The van der Waals surface area contributed by atoms with Crippen molar-refractivity contribution in [1.82, 2.24) is 0 Å². The molecule has 0 aliphatic heterocycles. The second kappa shape index (κ2) is 6.45. The standard InChI is InChI=1S/C13H9Br2FN2S/c14-8-5-6-11(9(15)7-8)17-13(19)18-12-4-2-1-3-10(12)16/h1-7H,(H2,17,18,19). The third-order valence-corrected chi connectivity index (χ3v) is 3.65. The fourth-order valence-electron chi connectivity index (χ4n) is 1.43. The van der Waals surface area contributed by atoms with Gasteiger partial charge in [0.05, 0.1) is 11.4 Å². The van der Waals surface area contributed by atoms with E-state index in [9.17, 15) is 4.39 Å². The first-order chi connectivity index (χ1) is 9.06. The number of hydrogen-bond acceptors (Lipinski definition) is 1. The molecule has 19 heavy (non-hydrogen) atoms. The Kier molecular flexibility index (Phi) is 4.90. The molecule has 0 bridgehead atoms. The van der Waals surface area contributed by atoms with E-state index in [0.717, 1.165) is 14.6 Å². The molecule has 2 rings (SSSR count). The van der Waals surface area contributed by atoms with Gasteiger partial charge in [-0.1, -0.05) is 28.1 Å². The molecule has 0 aromatic heterocycles. The van der Waals surface area contributed by atoms with Gasteiger partial charge in [0.15, 0.2) is 5.11 Å². The van der Waals surface area contributed by atoms with Crippen LogP contribution in [0.4, 0.5) is 15.8 Å². The highest BCUT2D eigenvalue weighted by atomic mass is 79.9. The Balaban J connectivity index is 2.08. The molecule has 2 N–H and O–H groups in total. The monoisotopic (exact) mass is 402 g/mol. The second-order valence-corrected chi connectivity index (χ2v) is 5.86. The average Bonchev–Trinajstić information content (AvgIpc) is 2.36. The number of thiocarbonyl (C=S) groups is 1. The van der Waals surface area contributed by atoms with Crippen LogP contribution in [0.2, 0.25) is 0 Å². The summed E-state index contributed by atoms with van der Waals surface area (Å²) in [5.41, 5.74) is 1.14. The summed E-state index contributed by atoms with van der Waals surface area (Å²) >= 11 is 11.9. The summed E-state index contributed by atoms with van der Waals surface area (Å²) in [6.07, 6.45) is 0. The van der Waals surface area contributed by atoms with Crippen LogP contribution >= 0.6 is 44.1 Å². The minimum atomic E-state index is -0.346. The number of hydrogen-bond donors (Lipinski definition) is 2. The highest BCUT2D eigenvalue weighted by molar-refractivity contribution is 9.11. The molecule has 2 aromatic carbocycles. The van der Waals surface area contributed by atoms with Crippen LogP contribution in [0.15, 0.2) is 51.4 Å². The van der Waals surface area contributed by atoms with E-state index in [1.165, 1.54) is 6.07 Å². The molecule has 0 amide bonds. The average molecular weight is 404 g/mol. The number of para-hydroxylation sites is 1. The van der Waals surface area contributed by atoms with E-state index >= 15 is 0 Å². The zero-order chi connectivity index (χ0) is 13.8. The number of anilines is 2. The van der Waals surface area contributed by atoms with Crippen molar-refractivity contribution >= 4 is 60.6 Å². The molecule has 0 heterocycles. The Bertz CT molecular complexity index is 619. The molecule has 0 atom stereocenters. The van der Waals surface area contributed by atoms with E-state index in [0.29, 0.717) is 10.8 Å². The van der Waals surface area contributed by atoms with E-state index in [-0.39, 0.29) is 5.82 Å². The number of rotatable bonds is 2. The minimum Gasteiger partial charge on any atom is -0.332 e. The molecule has 0 saturated heterocycles. The van der Waals surface area contributed by atoms with Gasteiger partial charge in [-0.15, -0.1) is 0 Å². The highest BCUT2D eigenvalue weighted by Gasteiger charge is 2.05. The molecule has 0 aliphatic rings. The fraction of sp³-hybridized carbons (Fsp3) is 0. The highest BCUT2D eigenvalue weighted by Crippen LogP contribution is 2.26. The molecule has 0 unspecified atom stereocenters. The van der Waals surface area contributed by atoms with Crippen molar-refractivity contribution in [2.45, 2.75) is 0 Å². The van der Waals surface area contributed by atoms with Gasteiger partial charge in [0.1, 0.15) is 5.82 Å². The Labute approximate surface area is 132 Å². The quantitative estimate of drug-likeness (QED) is 0.677. The first-order valence-corrected chi connectivity index (χ1v) is 7.33. The lowest BCUT2D eigenvalue weighted by Crippen LogP contribution is -2.19. The van der Waals surface area contributed by atoms with Crippen LogP contribution in [0.5, 0.6) is 0 Å². The predicted molar refractivity (Wildman–Crippen MR) is 88.1 cm³/mol. The first kappa shape index (κ1) is 14.4. The minimum absolute atomic E-state index is 0.327. The number of halogens is 3. The summed E-state index contributed by atoms with van der Waals surface area (Å²) in [6.45, 7) is 0. The molecule has 0 aliphatic carbocycles. The predicted octanol–water partition coefficient (Wildman–Crippen LogP) is 5.16. The molecule has 98 valence electrons. The van der Waals surface area contributed by atoms with Crippen LogP contribution in [0.3, 0.4) is 0 Å². The zero-order valence-corrected chi connectivity index (χ0v) is 13.6. The summed E-state index contributed by atoms with van der Waals surface area (Å²) in [7, 11) is 0. The van der Waals surface area contributed by atoms with Crippen LogP contribution in [-0.2, 0) is 0 Å². The van der Waals surface area contributed by atoms with Gasteiger partial charge < -0.3 is 10.6 Å². The molecule has 2 nitrogen and oxygen atoms in total. The van der Waals surface area contributed by atoms with E-state index in [1.807, 2.05) is 18.2 Å². The van der Waals surface area contributed by atoms with Gasteiger partial charge in [-0.05, 0) is 58.5 Å². The van der Waals surface area contributed by atoms with Crippen molar-refractivity contribution in [1.29, 1.82) is 0 Å². The maximum Gasteiger partial charge on any atom is 0.175 e. The maximum absolute atomic E-state index is 13.5. The van der Waals surface area contributed by atoms with Crippen LogP contribution < -0.4 is 10.6 Å². The lowest BCUT2D eigenvalue weighted by molar-refractivity contribution is 0.632. The zero-order valence-electron chi connectivity index (χ0n) is 9.58. The fourth-order valence-corrected chi connectivity index (χ4v) is 2.80. The first-order valence-electron chi connectivity index (χ1n) is 5.34. The van der Waals surface area contributed by atoms with Gasteiger partial charge in [0.2, 0.25) is 0 Å². The van der Waals surface area contributed by atoms with Gasteiger partial charge in [0.25, 0.3) is 0 Å². The van der Waals surface area contributed by atoms with E-state index in [1.54, 1.807) is 18.2 Å². The van der Waals surface area contributed by atoms with E-state index in [4.69, 9.17) is 12.2 Å². The van der Waals surface area contributed by atoms with Crippen molar-refractivity contribution in [3.05, 3.63) is 57.2 Å². The molecule has 0 saturated carbocycles. The Hall–Kier alpha value is -0.980. The van der Waals surface area contributed by atoms with Crippen molar-refractivity contribution in [2.75, 3.05) is 10.6 Å². The van der Waals surface area contributed by atoms with Crippen LogP contribution in [0.1, 0.15) is 0 Å². The summed E-state index contributed by atoms with van der Waals surface area (Å²) in [4.78, 5) is 0. The van der Waals surface area contributed by atoms with Gasteiger partial charge in [-0.2, -0.15) is 0 Å². The number of nitrogens with one attached hydrogen (secondary N) is 2. The smallest absolute Gasteiger partial charge is 0.175 e. The summed E-state index contributed by atoms with van der Waals surface area (Å²) in [6, 6.07) is 12.0. The second-order valence-electron chi connectivity index (χ2n) is 3.68. The summed E-state index contributed by atoms with van der Waals surface area (Å²) < 4.78 is 15.3. The topological polar surface area (TPSA) is 24.1 Å². The van der Waals surface area contributed by atoms with Gasteiger partial charge in [0, 0.05) is 8.95 Å². The normalized spacial score (nSPS) is 10.1. The Morgan fingerprint density at radius 3 is 2.37 bits per heavy atom. The van der Waals surface area contributed by atoms with E-state index < -0.39 is 0 Å². The number of benzene rings is 2. The largest absolute Gasteiger partial charge is 0.332 e. The Morgan fingerprint density at radius 2 is 1.68 bits per heavy atom. The molecule has 2 aromatic rings. The molecule has 0 fully saturated rings. The molecule has 0 radical (unpaired) electrons. The van der Waals surface area contributed by atoms with Gasteiger partial charge in [-0.3, -0.25) is 0 Å². The molecular formula is C13H9Br2FN2S. The Morgan fingerprint density at radius 1 is 1.00 bits per heavy atom. The SMILES string of the molecule is Fc1ccccc1NC(=S)Nc1ccc(Br)cc1Br.